The molecule has 4 heterocycles. The summed E-state index contributed by atoms with van der Waals surface area (Å²) >= 11 is 3.41. The van der Waals surface area contributed by atoms with Gasteiger partial charge < -0.3 is 5.32 Å². The number of anilines is 1. The lowest BCUT2D eigenvalue weighted by molar-refractivity contribution is -0.114. The number of aliphatic imine (C=N–C) groups is 1. The first kappa shape index (κ1) is 19.1. The van der Waals surface area contributed by atoms with Crippen LogP contribution in [0.1, 0.15) is 76.2 Å². The van der Waals surface area contributed by atoms with E-state index in [2.05, 4.69) is 21.9 Å². The first-order valence-electron chi connectivity index (χ1n) is 10.4. The predicted molar refractivity (Wildman–Crippen MR) is 120 cm³/mol. The third kappa shape index (κ3) is 3.57. The Hall–Kier alpha value is -1.93. The van der Waals surface area contributed by atoms with Crippen LogP contribution in [0.2, 0.25) is 0 Å². The molecule has 2 aromatic heterocycles. The minimum absolute atomic E-state index is 0.0777. The summed E-state index contributed by atoms with van der Waals surface area (Å²) in [5, 5.41) is 8.74. The molecule has 0 spiro atoms. The number of fused-ring (bicyclic) bond motifs is 3. The van der Waals surface area contributed by atoms with Gasteiger partial charge in [0.1, 0.15) is 5.69 Å². The lowest BCUT2D eigenvalue weighted by Gasteiger charge is -2.24. The third-order valence-corrected chi connectivity index (χ3v) is 7.95. The molecule has 6 nitrogen and oxygen atoms in total. The van der Waals surface area contributed by atoms with Crippen molar-refractivity contribution in [1.29, 1.82) is 0 Å². The minimum Gasteiger partial charge on any atom is -0.302 e. The Labute approximate surface area is 178 Å². The van der Waals surface area contributed by atoms with Crippen molar-refractivity contribution in [2.45, 2.75) is 75.5 Å². The van der Waals surface area contributed by atoms with Gasteiger partial charge in [-0.1, -0.05) is 30.6 Å². The molecule has 0 saturated heterocycles. The smallest absolute Gasteiger partial charge is 0.223 e. The van der Waals surface area contributed by atoms with Crippen LogP contribution in [-0.2, 0) is 10.5 Å². The monoisotopic (exact) mass is 427 g/mol. The van der Waals surface area contributed by atoms with E-state index in [9.17, 15) is 4.79 Å². The highest BCUT2D eigenvalue weighted by Gasteiger charge is 2.33. The largest absolute Gasteiger partial charge is 0.302 e. The molecule has 1 fully saturated rings. The van der Waals surface area contributed by atoms with Crippen LogP contribution in [0.3, 0.4) is 0 Å². The summed E-state index contributed by atoms with van der Waals surface area (Å²) in [6.45, 7) is 3.62. The van der Waals surface area contributed by atoms with Gasteiger partial charge >= 0.3 is 0 Å². The fourth-order valence-corrected chi connectivity index (χ4v) is 6.71. The van der Waals surface area contributed by atoms with Gasteiger partial charge in [-0.25, -0.2) is 4.98 Å². The average Bonchev–Trinajstić information content (AvgIpc) is 3.29. The zero-order valence-electron chi connectivity index (χ0n) is 16.8. The highest BCUT2D eigenvalue weighted by molar-refractivity contribution is 7.98. The summed E-state index contributed by atoms with van der Waals surface area (Å²) in [5.41, 5.74) is 5.80. The van der Waals surface area contributed by atoms with Crippen molar-refractivity contribution in [3.05, 3.63) is 17.6 Å². The number of thiazole rings is 1. The summed E-state index contributed by atoms with van der Waals surface area (Å²) < 4.78 is 2.29. The van der Waals surface area contributed by atoms with Crippen molar-refractivity contribution in [1.82, 2.24) is 14.8 Å². The molecule has 0 radical (unpaired) electrons. The maximum absolute atomic E-state index is 11.5. The number of carbonyl (C=O) groups excluding carboxylic acids is 1. The van der Waals surface area contributed by atoms with E-state index in [4.69, 9.17) is 10.1 Å². The van der Waals surface area contributed by atoms with Gasteiger partial charge in [0.25, 0.3) is 0 Å². The van der Waals surface area contributed by atoms with E-state index in [-0.39, 0.29) is 5.91 Å². The molecule has 0 atom stereocenters. The highest BCUT2D eigenvalue weighted by atomic mass is 32.2. The quantitative estimate of drug-likeness (QED) is 0.685. The lowest BCUT2D eigenvalue weighted by atomic mass is 9.95. The second-order valence-electron chi connectivity index (χ2n) is 8.05. The van der Waals surface area contributed by atoms with Crippen LogP contribution in [0.5, 0.6) is 0 Å². The van der Waals surface area contributed by atoms with E-state index >= 15 is 0 Å². The Morgan fingerprint density at radius 2 is 2.07 bits per heavy atom. The molecule has 1 amide bonds. The van der Waals surface area contributed by atoms with Crippen molar-refractivity contribution in [3.63, 3.8) is 0 Å². The molecule has 2 aromatic rings. The van der Waals surface area contributed by atoms with E-state index in [1.54, 1.807) is 11.3 Å². The molecule has 5 rings (SSSR count). The van der Waals surface area contributed by atoms with E-state index in [0.717, 1.165) is 30.0 Å². The predicted octanol–water partition coefficient (Wildman–Crippen LogP) is 5.67. The summed E-state index contributed by atoms with van der Waals surface area (Å²) in [5.74, 6) is 0.739. The van der Waals surface area contributed by atoms with Crippen molar-refractivity contribution < 1.29 is 4.79 Å². The molecule has 1 N–H and O–H groups in total. The van der Waals surface area contributed by atoms with Gasteiger partial charge in [0, 0.05) is 24.6 Å². The van der Waals surface area contributed by atoms with Crippen LogP contribution < -0.4 is 5.32 Å². The first-order valence-corrected chi connectivity index (χ1v) is 12.2. The number of nitrogens with one attached hydrogen (secondary N) is 1. The van der Waals surface area contributed by atoms with Gasteiger partial charge in [-0.15, -0.1) is 11.8 Å². The number of hydrogen-bond donors (Lipinski definition) is 1. The second kappa shape index (κ2) is 7.72. The molecule has 3 aliphatic rings. The van der Waals surface area contributed by atoms with E-state index in [1.807, 2.05) is 18.0 Å². The molecule has 2 aliphatic heterocycles. The summed E-state index contributed by atoms with van der Waals surface area (Å²) in [4.78, 5) is 23.2. The molecule has 152 valence electrons. The van der Waals surface area contributed by atoms with Gasteiger partial charge in [-0.05, 0) is 38.2 Å². The number of hydrogen-bond acceptors (Lipinski definition) is 6. The van der Waals surface area contributed by atoms with Crippen LogP contribution in [0, 0.1) is 0 Å². The number of aromatic nitrogens is 3. The lowest BCUT2D eigenvalue weighted by Crippen LogP contribution is -2.16. The maximum atomic E-state index is 11.5. The Morgan fingerprint density at radius 1 is 1.24 bits per heavy atom. The van der Waals surface area contributed by atoms with Crippen molar-refractivity contribution in [3.8, 4) is 10.6 Å². The number of amides is 1. The van der Waals surface area contributed by atoms with E-state index < -0.39 is 0 Å². The van der Waals surface area contributed by atoms with Gasteiger partial charge in [0.15, 0.2) is 5.13 Å². The number of carbonyl (C=O) groups is 1. The van der Waals surface area contributed by atoms with Crippen molar-refractivity contribution in [2.75, 3.05) is 5.32 Å². The fourth-order valence-electron chi connectivity index (χ4n) is 4.35. The fraction of sp³-hybridized carbons (Fsp3) is 0.524. The Morgan fingerprint density at radius 3 is 2.79 bits per heavy atom. The zero-order valence-corrected chi connectivity index (χ0v) is 18.5. The molecule has 0 unspecified atom stereocenters. The van der Waals surface area contributed by atoms with E-state index in [0.29, 0.717) is 11.2 Å². The third-order valence-electron chi connectivity index (χ3n) is 5.84. The maximum Gasteiger partial charge on any atom is 0.223 e. The van der Waals surface area contributed by atoms with Gasteiger partial charge in [-0.2, -0.15) is 5.10 Å². The Balaban J connectivity index is 1.64. The second-order valence-corrected chi connectivity index (χ2v) is 10.0. The normalized spacial score (nSPS) is 19.2. The summed E-state index contributed by atoms with van der Waals surface area (Å²) in [6.07, 6.45) is 10.2. The molecule has 8 heteroatoms. The number of thioether (sulfide) groups is 1. The van der Waals surface area contributed by atoms with Gasteiger partial charge in [-0.3, -0.25) is 14.5 Å². The minimum atomic E-state index is -0.0777. The first-order chi connectivity index (χ1) is 14.1. The zero-order chi connectivity index (χ0) is 20.0. The standard InChI is InChI=1S/C21H25N5OS2/c1-12-8-9-14(10-22-12)17-20-18(26(25-17)15-6-4-3-5-7-15)19-16(11-28-20)24-21(29-19)23-13(2)27/h10,15H,3-9,11H2,1-2H3,(H,23,24,27). The van der Waals surface area contributed by atoms with Crippen LogP contribution in [0.15, 0.2) is 16.1 Å². The van der Waals surface area contributed by atoms with Gasteiger partial charge in [0.2, 0.25) is 5.91 Å². The molecular formula is C21H25N5OS2. The molecule has 1 saturated carbocycles. The van der Waals surface area contributed by atoms with Crippen molar-refractivity contribution in [2.24, 2.45) is 4.99 Å². The van der Waals surface area contributed by atoms with Crippen LogP contribution in [0.4, 0.5) is 5.13 Å². The number of nitrogens with zero attached hydrogens (tertiary/aromatic N) is 4. The van der Waals surface area contributed by atoms with Crippen LogP contribution in [0.25, 0.3) is 16.1 Å². The number of allylic oxidation sites excluding steroid dienone is 1. The number of rotatable bonds is 3. The molecule has 29 heavy (non-hydrogen) atoms. The molecule has 1 aliphatic carbocycles. The summed E-state index contributed by atoms with van der Waals surface area (Å²) in [7, 11) is 0. The Kier molecular flexibility index (Phi) is 5.07. The van der Waals surface area contributed by atoms with E-state index in [1.165, 1.54) is 65.8 Å². The molecular weight excluding hydrogens is 402 g/mol. The highest BCUT2D eigenvalue weighted by Crippen LogP contribution is 2.50. The topological polar surface area (TPSA) is 72.2 Å². The van der Waals surface area contributed by atoms with Crippen molar-refractivity contribution >= 4 is 45.4 Å². The molecule has 0 aromatic carbocycles. The van der Waals surface area contributed by atoms with Gasteiger partial charge in [0.05, 0.1) is 27.2 Å². The van der Waals surface area contributed by atoms with Crippen LogP contribution in [-0.4, -0.2) is 26.4 Å². The Bertz CT molecular complexity index is 1030. The van der Waals surface area contributed by atoms with Crippen LogP contribution >= 0.6 is 23.1 Å². The summed E-state index contributed by atoms with van der Waals surface area (Å²) in [6, 6.07) is 0.443. The SMILES string of the molecule is CC(=O)Nc1nc2c(s1)-c1c(c(C3=CN=C(C)CC3)nn1C1CCCCC1)SC2. The molecule has 0 bridgehead atoms. The average molecular weight is 428 g/mol.